The topological polar surface area (TPSA) is 17.1 Å². The highest BCUT2D eigenvalue weighted by molar-refractivity contribution is 6.31. The number of alkyl halides is 3. The zero-order valence-electron chi connectivity index (χ0n) is 10.5. The fraction of sp³-hybridized carbons (Fsp3) is 0.133. The normalized spacial score (nSPS) is 11.5. The van der Waals surface area contributed by atoms with Crippen molar-refractivity contribution in [3.05, 3.63) is 70.0 Å². The molecule has 0 saturated carbocycles. The van der Waals surface area contributed by atoms with Crippen LogP contribution in [0.2, 0.25) is 5.02 Å². The van der Waals surface area contributed by atoms with Gasteiger partial charge in [-0.05, 0) is 35.9 Å². The first-order chi connectivity index (χ1) is 9.77. The molecule has 2 aromatic carbocycles. The van der Waals surface area contributed by atoms with E-state index in [0.717, 1.165) is 30.3 Å². The third-order valence-electron chi connectivity index (χ3n) is 2.87. The van der Waals surface area contributed by atoms with Crippen LogP contribution in [0.15, 0.2) is 42.5 Å². The van der Waals surface area contributed by atoms with E-state index in [1.54, 1.807) is 0 Å². The summed E-state index contributed by atoms with van der Waals surface area (Å²) in [6.45, 7) is 0. The number of halogens is 5. The second-order valence-corrected chi connectivity index (χ2v) is 4.82. The van der Waals surface area contributed by atoms with Crippen LogP contribution < -0.4 is 0 Å². The minimum atomic E-state index is -4.52. The number of Topliss-reactive ketones (excluding diaryl/α,β-unsaturated/α-hetero) is 1. The molecule has 0 unspecified atom stereocenters. The molecule has 0 aromatic heterocycles. The van der Waals surface area contributed by atoms with Gasteiger partial charge < -0.3 is 0 Å². The fourth-order valence-electron chi connectivity index (χ4n) is 1.82. The van der Waals surface area contributed by atoms with Gasteiger partial charge in [-0.3, -0.25) is 4.79 Å². The van der Waals surface area contributed by atoms with E-state index in [0.29, 0.717) is 0 Å². The number of carbonyl (C=O) groups excluding carboxylic acids is 1. The Balaban J connectivity index is 2.27. The molecule has 0 spiro atoms. The molecule has 6 heteroatoms. The van der Waals surface area contributed by atoms with Crippen molar-refractivity contribution >= 4 is 17.4 Å². The lowest BCUT2D eigenvalue weighted by Crippen LogP contribution is -2.09. The van der Waals surface area contributed by atoms with Crippen molar-refractivity contribution in [1.82, 2.24) is 0 Å². The Morgan fingerprint density at radius 1 is 1.10 bits per heavy atom. The van der Waals surface area contributed by atoms with E-state index in [1.807, 2.05) is 0 Å². The van der Waals surface area contributed by atoms with E-state index < -0.39 is 23.3 Å². The van der Waals surface area contributed by atoms with Crippen molar-refractivity contribution in [2.24, 2.45) is 0 Å². The Bertz CT molecular complexity index is 680. The second-order valence-electron chi connectivity index (χ2n) is 4.41. The Hall–Kier alpha value is -1.88. The van der Waals surface area contributed by atoms with E-state index in [4.69, 9.17) is 11.6 Å². The summed E-state index contributed by atoms with van der Waals surface area (Å²) >= 11 is 5.83. The van der Waals surface area contributed by atoms with E-state index in [2.05, 4.69) is 0 Å². The van der Waals surface area contributed by atoms with Gasteiger partial charge in [-0.15, -0.1) is 0 Å². The van der Waals surface area contributed by atoms with Crippen LogP contribution in [0.1, 0.15) is 21.5 Å². The van der Waals surface area contributed by atoms with Crippen LogP contribution in [0.25, 0.3) is 0 Å². The van der Waals surface area contributed by atoms with Gasteiger partial charge in [0.25, 0.3) is 0 Å². The van der Waals surface area contributed by atoms with E-state index in [-0.39, 0.29) is 22.6 Å². The SMILES string of the molecule is O=C(Cc1cc(F)ccc1Cl)c1cccc(C(F)(F)F)c1. The van der Waals surface area contributed by atoms with Gasteiger partial charge >= 0.3 is 6.18 Å². The minimum absolute atomic E-state index is 0.0925. The molecule has 0 saturated heterocycles. The van der Waals surface area contributed by atoms with E-state index in [1.165, 1.54) is 12.1 Å². The highest BCUT2D eigenvalue weighted by Gasteiger charge is 2.30. The highest BCUT2D eigenvalue weighted by Crippen LogP contribution is 2.30. The fourth-order valence-corrected chi connectivity index (χ4v) is 2.01. The summed E-state index contributed by atoms with van der Waals surface area (Å²) in [5, 5.41) is 0.191. The van der Waals surface area contributed by atoms with Crippen LogP contribution in [-0.2, 0) is 12.6 Å². The Labute approximate surface area is 123 Å². The first-order valence-electron chi connectivity index (χ1n) is 5.92. The van der Waals surface area contributed by atoms with Gasteiger partial charge in [0.2, 0.25) is 0 Å². The lowest BCUT2D eigenvalue weighted by atomic mass is 10.0. The van der Waals surface area contributed by atoms with Gasteiger partial charge in [0.15, 0.2) is 5.78 Å². The average Bonchev–Trinajstić information content (AvgIpc) is 2.42. The molecular formula is C15H9ClF4O. The van der Waals surface area contributed by atoms with Crippen molar-refractivity contribution in [2.45, 2.75) is 12.6 Å². The lowest BCUT2D eigenvalue weighted by molar-refractivity contribution is -0.137. The van der Waals surface area contributed by atoms with Crippen molar-refractivity contribution in [3.8, 4) is 0 Å². The molecule has 0 amide bonds. The predicted molar refractivity (Wildman–Crippen MR) is 70.9 cm³/mol. The summed E-state index contributed by atoms with van der Waals surface area (Å²) in [7, 11) is 0. The summed E-state index contributed by atoms with van der Waals surface area (Å²) in [4.78, 5) is 12.0. The summed E-state index contributed by atoms with van der Waals surface area (Å²) in [6.07, 6.45) is -4.79. The molecule has 0 atom stereocenters. The largest absolute Gasteiger partial charge is 0.416 e. The lowest BCUT2D eigenvalue weighted by Gasteiger charge is -2.09. The zero-order chi connectivity index (χ0) is 15.6. The van der Waals surface area contributed by atoms with Crippen molar-refractivity contribution < 1.29 is 22.4 Å². The number of rotatable bonds is 3. The van der Waals surface area contributed by atoms with Crippen LogP contribution in [0.5, 0.6) is 0 Å². The number of hydrogen-bond acceptors (Lipinski definition) is 1. The molecule has 0 fully saturated rings. The molecule has 0 aliphatic rings. The molecule has 21 heavy (non-hydrogen) atoms. The zero-order valence-corrected chi connectivity index (χ0v) is 11.3. The Morgan fingerprint density at radius 3 is 2.48 bits per heavy atom. The van der Waals surface area contributed by atoms with Crippen molar-refractivity contribution in [2.75, 3.05) is 0 Å². The standard InChI is InChI=1S/C15H9ClF4O/c16-13-5-4-12(17)7-10(13)8-14(21)9-2-1-3-11(6-9)15(18,19)20/h1-7H,8H2. The average molecular weight is 317 g/mol. The highest BCUT2D eigenvalue weighted by atomic mass is 35.5. The Kier molecular flexibility index (Phi) is 4.32. The maximum absolute atomic E-state index is 13.1. The van der Waals surface area contributed by atoms with Gasteiger partial charge in [-0.2, -0.15) is 13.2 Å². The third-order valence-corrected chi connectivity index (χ3v) is 3.24. The summed E-state index contributed by atoms with van der Waals surface area (Å²) in [5.74, 6) is -1.13. The molecule has 0 bridgehead atoms. The second kappa shape index (κ2) is 5.85. The molecule has 0 aliphatic carbocycles. The molecule has 110 valence electrons. The van der Waals surface area contributed by atoms with Crippen LogP contribution in [0.3, 0.4) is 0 Å². The third kappa shape index (κ3) is 3.82. The quantitative estimate of drug-likeness (QED) is 0.580. The summed E-state index contributed by atoms with van der Waals surface area (Å²) in [5.41, 5.74) is -0.761. The molecule has 0 aliphatic heterocycles. The maximum Gasteiger partial charge on any atom is 0.416 e. The minimum Gasteiger partial charge on any atom is -0.294 e. The van der Waals surface area contributed by atoms with Gasteiger partial charge in [0.1, 0.15) is 5.82 Å². The van der Waals surface area contributed by atoms with Crippen LogP contribution in [-0.4, -0.2) is 5.78 Å². The van der Waals surface area contributed by atoms with E-state index in [9.17, 15) is 22.4 Å². The number of carbonyl (C=O) groups is 1. The molecular weight excluding hydrogens is 308 g/mol. The molecule has 2 aromatic rings. The summed E-state index contributed by atoms with van der Waals surface area (Å²) in [6, 6.07) is 7.62. The molecule has 0 N–H and O–H groups in total. The van der Waals surface area contributed by atoms with E-state index >= 15 is 0 Å². The Morgan fingerprint density at radius 2 is 1.81 bits per heavy atom. The molecule has 1 nitrogen and oxygen atoms in total. The van der Waals surface area contributed by atoms with Crippen molar-refractivity contribution in [3.63, 3.8) is 0 Å². The first kappa shape index (κ1) is 15.5. The van der Waals surface area contributed by atoms with Crippen LogP contribution in [0, 0.1) is 5.82 Å². The molecule has 0 radical (unpaired) electrons. The molecule has 2 rings (SSSR count). The summed E-state index contributed by atoms with van der Waals surface area (Å²) < 4.78 is 50.9. The van der Waals surface area contributed by atoms with Crippen LogP contribution >= 0.6 is 11.6 Å². The van der Waals surface area contributed by atoms with Gasteiger partial charge in [-0.25, -0.2) is 4.39 Å². The smallest absolute Gasteiger partial charge is 0.294 e. The van der Waals surface area contributed by atoms with Crippen LogP contribution in [0.4, 0.5) is 17.6 Å². The maximum atomic E-state index is 13.1. The number of benzene rings is 2. The number of ketones is 1. The van der Waals surface area contributed by atoms with Crippen molar-refractivity contribution in [1.29, 1.82) is 0 Å². The molecule has 0 heterocycles. The van der Waals surface area contributed by atoms with Gasteiger partial charge in [-0.1, -0.05) is 23.7 Å². The number of hydrogen-bond donors (Lipinski definition) is 0. The van der Waals surface area contributed by atoms with Gasteiger partial charge in [0.05, 0.1) is 5.56 Å². The monoisotopic (exact) mass is 316 g/mol. The van der Waals surface area contributed by atoms with Gasteiger partial charge in [0, 0.05) is 17.0 Å². The predicted octanol–water partition coefficient (Wildman–Crippen LogP) is 4.92. The first-order valence-corrected chi connectivity index (χ1v) is 6.29.